The van der Waals surface area contributed by atoms with Crippen molar-refractivity contribution in [2.24, 2.45) is 11.3 Å². The molecular formula is C12H21N3. The van der Waals surface area contributed by atoms with Gasteiger partial charge in [-0.3, -0.25) is 0 Å². The van der Waals surface area contributed by atoms with E-state index in [0.717, 1.165) is 19.4 Å². The van der Waals surface area contributed by atoms with Crippen LogP contribution in [0.3, 0.4) is 0 Å². The summed E-state index contributed by atoms with van der Waals surface area (Å²) < 4.78 is 0. The van der Waals surface area contributed by atoms with E-state index in [2.05, 4.69) is 37.0 Å². The largest absolute Gasteiger partial charge is 0.306 e. The summed E-state index contributed by atoms with van der Waals surface area (Å²) in [6, 6.07) is 3.03. The maximum atomic E-state index is 9.31. The average molecular weight is 207 g/mol. The number of hydrogen-bond donors (Lipinski definition) is 0. The molecule has 2 rings (SSSR count). The first-order valence-electron chi connectivity index (χ1n) is 5.85. The predicted molar refractivity (Wildman–Crippen MR) is 60.4 cm³/mol. The van der Waals surface area contributed by atoms with E-state index in [0.29, 0.717) is 12.0 Å². The smallest absolute Gasteiger partial charge is 0.0733 e. The molecule has 1 saturated carbocycles. The van der Waals surface area contributed by atoms with Crippen molar-refractivity contribution < 1.29 is 0 Å². The van der Waals surface area contributed by atoms with Gasteiger partial charge in [0, 0.05) is 12.6 Å². The molecule has 2 unspecified atom stereocenters. The molecule has 0 bridgehead atoms. The van der Waals surface area contributed by atoms with Crippen molar-refractivity contribution >= 4 is 0 Å². The Kier molecular flexibility index (Phi) is 2.74. The highest BCUT2D eigenvalue weighted by molar-refractivity contribution is 5.17. The molecule has 2 aliphatic rings. The molecule has 1 heterocycles. The molecule has 84 valence electrons. The van der Waals surface area contributed by atoms with E-state index >= 15 is 0 Å². The molecule has 1 aliphatic heterocycles. The maximum Gasteiger partial charge on any atom is 0.0733 e. The summed E-state index contributed by atoms with van der Waals surface area (Å²) in [6.07, 6.45) is 3.46. The summed E-state index contributed by atoms with van der Waals surface area (Å²) in [6.45, 7) is 2.35. The normalized spacial score (nSPS) is 31.5. The monoisotopic (exact) mass is 207 g/mol. The van der Waals surface area contributed by atoms with Gasteiger partial charge in [0.05, 0.1) is 11.5 Å². The number of rotatable bonds is 3. The Morgan fingerprint density at radius 1 is 1.47 bits per heavy atom. The van der Waals surface area contributed by atoms with Crippen LogP contribution in [0.15, 0.2) is 0 Å². The van der Waals surface area contributed by atoms with Gasteiger partial charge in [-0.2, -0.15) is 5.26 Å². The second-order valence-corrected chi connectivity index (χ2v) is 5.49. The zero-order valence-corrected chi connectivity index (χ0v) is 10.0. The minimum absolute atomic E-state index is 0.0145. The lowest BCUT2D eigenvalue weighted by atomic mass is 9.85. The quantitative estimate of drug-likeness (QED) is 0.696. The lowest BCUT2D eigenvalue weighted by Crippen LogP contribution is -2.43. The molecule has 2 fully saturated rings. The SMILES string of the molecule is CN1CCC(C(N(C)C)C2(C#N)CC2)C1. The first-order valence-corrected chi connectivity index (χ1v) is 5.85. The summed E-state index contributed by atoms with van der Waals surface area (Å²) in [7, 11) is 6.43. The van der Waals surface area contributed by atoms with Crippen LogP contribution in [0, 0.1) is 22.7 Å². The lowest BCUT2D eigenvalue weighted by Gasteiger charge is -2.33. The number of nitriles is 1. The van der Waals surface area contributed by atoms with Crippen LogP contribution in [-0.4, -0.2) is 50.1 Å². The summed E-state index contributed by atoms with van der Waals surface area (Å²) in [5.41, 5.74) is -0.0145. The van der Waals surface area contributed by atoms with E-state index in [1.807, 2.05) is 0 Å². The second-order valence-electron chi connectivity index (χ2n) is 5.49. The second kappa shape index (κ2) is 3.77. The molecule has 1 saturated heterocycles. The van der Waals surface area contributed by atoms with Crippen LogP contribution in [-0.2, 0) is 0 Å². The van der Waals surface area contributed by atoms with Crippen LogP contribution in [0.1, 0.15) is 19.3 Å². The summed E-state index contributed by atoms with van der Waals surface area (Å²) in [4.78, 5) is 4.66. The third kappa shape index (κ3) is 1.89. The van der Waals surface area contributed by atoms with Crippen LogP contribution >= 0.6 is 0 Å². The fraction of sp³-hybridized carbons (Fsp3) is 0.917. The molecule has 0 N–H and O–H groups in total. The van der Waals surface area contributed by atoms with Crippen LogP contribution in [0.5, 0.6) is 0 Å². The van der Waals surface area contributed by atoms with E-state index in [4.69, 9.17) is 0 Å². The summed E-state index contributed by atoms with van der Waals surface area (Å²) >= 11 is 0. The highest BCUT2D eigenvalue weighted by Crippen LogP contribution is 2.52. The van der Waals surface area contributed by atoms with Crippen molar-refractivity contribution in [3.05, 3.63) is 0 Å². The highest BCUT2D eigenvalue weighted by atomic mass is 15.2. The molecule has 1 aliphatic carbocycles. The summed E-state index contributed by atoms with van der Waals surface area (Å²) in [5.74, 6) is 0.687. The fourth-order valence-corrected chi connectivity index (χ4v) is 3.20. The molecule has 0 amide bonds. The average Bonchev–Trinajstić information content (AvgIpc) is 2.84. The van der Waals surface area contributed by atoms with E-state index in [1.165, 1.54) is 13.0 Å². The van der Waals surface area contributed by atoms with E-state index in [1.54, 1.807) is 0 Å². The topological polar surface area (TPSA) is 30.3 Å². The van der Waals surface area contributed by atoms with Gasteiger partial charge in [-0.1, -0.05) is 0 Å². The lowest BCUT2D eigenvalue weighted by molar-refractivity contribution is 0.156. The van der Waals surface area contributed by atoms with E-state index < -0.39 is 0 Å². The van der Waals surface area contributed by atoms with Gasteiger partial charge < -0.3 is 9.80 Å². The standard InChI is InChI=1S/C12H21N3/c1-14(2)11(12(9-13)5-6-12)10-4-7-15(3)8-10/h10-11H,4-8H2,1-3H3. The molecule has 15 heavy (non-hydrogen) atoms. The zero-order valence-electron chi connectivity index (χ0n) is 10.0. The Labute approximate surface area is 92.7 Å². The van der Waals surface area contributed by atoms with Gasteiger partial charge >= 0.3 is 0 Å². The minimum atomic E-state index is -0.0145. The third-order valence-electron chi connectivity index (χ3n) is 4.01. The molecular weight excluding hydrogens is 186 g/mol. The zero-order chi connectivity index (χ0) is 11.1. The first kappa shape index (κ1) is 10.9. The van der Waals surface area contributed by atoms with Gasteiger partial charge in [-0.25, -0.2) is 0 Å². The Morgan fingerprint density at radius 3 is 2.47 bits per heavy atom. The maximum absolute atomic E-state index is 9.31. The highest BCUT2D eigenvalue weighted by Gasteiger charge is 2.54. The fourth-order valence-electron chi connectivity index (χ4n) is 3.20. The summed E-state index contributed by atoms with van der Waals surface area (Å²) in [5, 5.41) is 9.31. The van der Waals surface area contributed by atoms with Crippen molar-refractivity contribution in [2.45, 2.75) is 25.3 Å². The number of likely N-dealkylation sites (tertiary alicyclic amines) is 1. The van der Waals surface area contributed by atoms with Crippen molar-refractivity contribution in [1.82, 2.24) is 9.80 Å². The molecule has 0 spiro atoms. The third-order valence-corrected chi connectivity index (χ3v) is 4.01. The Balaban J connectivity index is 2.11. The van der Waals surface area contributed by atoms with Crippen LogP contribution in [0.4, 0.5) is 0 Å². The molecule has 0 aromatic rings. The molecule has 3 nitrogen and oxygen atoms in total. The van der Waals surface area contributed by atoms with Crippen LogP contribution < -0.4 is 0 Å². The van der Waals surface area contributed by atoms with Crippen molar-refractivity contribution in [2.75, 3.05) is 34.2 Å². The van der Waals surface area contributed by atoms with Gasteiger partial charge in [0.1, 0.15) is 0 Å². The number of hydrogen-bond acceptors (Lipinski definition) is 3. The molecule has 3 heteroatoms. The van der Waals surface area contributed by atoms with E-state index in [-0.39, 0.29) is 5.41 Å². The van der Waals surface area contributed by atoms with Crippen molar-refractivity contribution in [3.8, 4) is 6.07 Å². The molecule has 2 atom stereocenters. The molecule has 0 aromatic heterocycles. The van der Waals surface area contributed by atoms with Crippen LogP contribution in [0.2, 0.25) is 0 Å². The van der Waals surface area contributed by atoms with Gasteiger partial charge in [0.2, 0.25) is 0 Å². The Morgan fingerprint density at radius 2 is 2.13 bits per heavy atom. The van der Waals surface area contributed by atoms with E-state index in [9.17, 15) is 5.26 Å². The number of nitrogens with zero attached hydrogens (tertiary/aromatic N) is 3. The van der Waals surface area contributed by atoms with Gasteiger partial charge in [-0.05, 0) is 52.9 Å². The van der Waals surface area contributed by atoms with Gasteiger partial charge in [0.25, 0.3) is 0 Å². The van der Waals surface area contributed by atoms with Gasteiger partial charge in [-0.15, -0.1) is 0 Å². The van der Waals surface area contributed by atoms with Crippen molar-refractivity contribution in [1.29, 1.82) is 5.26 Å². The van der Waals surface area contributed by atoms with Crippen LogP contribution in [0.25, 0.3) is 0 Å². The van der Waals surface area contributed by atoms with Gasteiger partial charge in [0.15, 0.2) is 0 Å². The Bertz CT molecular complexity index is 275. The van der Waals surface area contributed by atoms with Crippen molar-refractivity contribution in [3.63, 3.8) is 0 Å². The first-order chi connectivity index (χ1) is 7.09. The molecule has 0 radical (unpaired) electrons. The minimum Gasteiger partial charge on any atom is -0.306 e. The molecule has 0 aromatic carbocycles. The Hall–Kier alpha value is -0.590. The predicted octanol–water partition coefficient (Wildman–Crippen LogP) is 1.17.